The van der Waals surface area contributed by atoms with Gasteiger partial charge in [0.05, 0.1) is 35.4 Å². The Morgan fingerprint density at radius 1 is 1.11 bits per heavy atom. The van der Waals surface area contributed by atoms with Gasteiger partial charge in [0.1, 0.15) is 13.0 Å². The van der Waals surface area contributed by atoms with E-state index in [-0.39, 0.29) is 29.5 Å². The maximum absolute atomic E-state index is 12.3. The quantitative estimate of drug-likeness (QED) is 0.108. The first-order valence-electron chi connectivity index (χ1n) is 18.4. The zero-order chi connectivity index (χ0) is 37.9. The molecule has 2 aliphatic heterocycles. The number of hydrogen-bond donors (Lipinski definition) is 2. The Hall–Kier alpha value is -3.06. The predicted molar refractivity (Wildman–Crippen MR) is 210 cm³/mol. The van der Waals surface area contributed by atoms with Crippen LogP contribution >= 0.6 is 23.2 Å². The van der Waals surface area contributed by atoms with Gasteiger partial charge in [-0.15, -0.1) is 11.6 Å². The van der Waals surface area contributed by atoms with E-state index in [1.807, 2.05) is 51.2 Å². The maximum atomic E-state index is 12.3. The lowest BCUT2D eigenvalue weighted by molar-refractivity contribution is -0.124. The van der Waals surface area contributed by atoms with E-state index in [1.165, 1.54) is 11.1 Å². The van der Waals surface area contributed by atoms with Crippen molar-refractivity contribution in [2.24, 2.45) is 5.92 Å². The van der Waals surface area contributed by atoms with Crippen LogP contribution in [0.3, 0.4) is 0 Å². The minimum absolute atomic E-state index is 0.00537. The van der Waals surface area contributed by atoms with E-state index < -0.39 is 5.60 Å². The number of aromatic nitrogens is 1. The van der Waals surface area contributed by atoms with Crippen LogP contribution in [0, 0.1) is 5.92 Å². The van der Waals surface area contributed by atoms with Gasteiger partial charge < -0.3 is 24.6 Å². The smallest absolute Gasteiger partial charge is 0.224 e. The summed E-state index contributed by atoms with van der Waals surface area (Å²) in [7, 11) is 7.03. The number of nitrogens with zero attached hydrogens (tertiary/aromatic N) is 4. The Balaban J connectivity index is 1.15. The molecule has 1 aromatic heterocycles. The molecule has 0 saturated carbocycles. The van der Waals surface area contributed by atoms with Gasteiger partial charge in [0.2, 0.25) is 11.8 Å². The number of ether oxygens (including phenoxy) is 3. The molecule has 3 aromatic rings. The van der Waals surface area contributed by atoms with E-state index in [0.29, 0.717) is 50.4 Å². The molecule has 0 spiro atoms. The molecule has 3 heterocycles. The Bertz CT molecular complexity index is 1790. The minimum Gasteiger partial charge on any atom is -0.481 e. The van der Waals surface area contributed by atoms with E-state index in [4.69, 9.17) is 42.4 Å². The number of aliphatic hydroxyl groups is 1. The monoisotopic (exact) mass is 765 g/mol. The number of carbonyl (C=O) groups excluding carboxylic acids is 1. The molecule has 53 heavy (non-hydrogen) atoms. The van der Waals surface area contributed by atoms with Crippen molar-refractivity contribution in [1.29, 1.82) is 0 Å². The van der Waals surface area contributed by atoms with Gasteiger partial charge in [-0.05, 0) is 75.0 Å². The van der Waals surface area contributed by atoms with Gasteiger partial charge in [-0.2, -0.15) is 0 Å². The van der Waals surface area contributed by atoms with Crippen LogP contribution in [0.1, 0.15) is 49.5 Å². The molecule has 10 nitrogen and oxygen atoms in total. The van der Waals surface area contributed by atoms with Gasteiger partial charge in [0.15, 0.2) is 0 Å². The highest BCUT2D eigenvalue weighted by molar-refractivity contribution is 6.36. The SMILES string of the molecule is CNC(=O)C1CCN(C/C(=C/C(C)Cl)C(OC)N(C)CO[C@H]2CCc3c(-c4cccc(-c5ccc(CN6CC(C)(O)C6)c(OC)n5)c4Cl)cccc32)C1. The number of alkyl halides is 1. The number of rotatable bonds is 15. The van der Waals surface area contributed by atoms with Crippen LogP contribution in [0.2, 0.25) is 5.02 Å². The van der Waals surface area contributed by atoms with E-state index in [9.17, 15) is 9.90 Å². The molecular formula is C41H53Cl2N5O5. The van der Waals surface area contributed by atoms with Gasteiger partial charge in [-0.25, -0.2) is 4.98 Å². The molecule has 4 atom stereocenters. The summed E-state index contributed by atoms with van der Waals surface area (Å²) in [5, 5.41) is 13.4. The molecule has 2 aromatic carbocycles. The summed E-state index contributed by atoms with van der Waals surface area (Å²) in [6.07, 6.45) is 4.20. The molecule has 12 heteroatoms. The zero-order valence-electron chi connectivity index (χ0n) is 31.7. The number of halogens is 2. The number of amides is 1. The molecule has 0 radical (unpaired) electrons. The fourth-order valence-electron chi connectivity index (χ4n) is 8.22. The Kier molecular flexibility index (Phi) is 12.8. The number of carbonyl (C=O) groups is 1. The number of β-amino-alcohol motifs (C(OH)–C–C–N with tert-alkyl or cyclic N) is 1. The van der Waals surface area contributed by atoms with E-state index in [0.717, 1.165) is 59.3 Å². The van der Waals surface area contributed by atoms with E-state index in [1.54, 1.807) is 21.3 Å². The standard InChI is InChI=1S/C41H53Cl2N5O5/c1-26(42)19-29(22-47-18-17-27(20-47)38(49)44-3)40(52-6)46(4)25-53-36-16-14-31-30(9-7-10-32(31)36)33-11-8-12-34(37(33)43)35-15-13-28(39(45-35)51-5)21-48-23-41(2,50)24-48/h7-13,15,19,26-27,36,40,50H,14,16-18,20-25H2,1-6H3,(H,44,49)/b29-19-/t26?,27?,36-,40?/m0/s1. The molecule has 3 unspecified atom stereocenters. The van der Waals surface area contributed by atoms with E-state index in [2.05, 4.69) is 44.3 Å². The van der Waals surface area contributed by atoms with Crippen molar-refractivity contribution < 1.29 is 24.1 Å². The molecule has 6 rings (SSSR count). The summed E-state index contributed by atoms with van der Waals surface area (Å²) >= 11 is 13.7. The second kappa shape index (κ2) is 17.2. The normalized spacial score (nSPS) is 21.4. The van der Waals surface area contributed by atoms with Crippen LogP contribution in [0.5, 0.6) is 5.88 Å². The molecule has 1 aliphatic carbocycles. The first kappa shape index (κ1) is 39.6. The van der Waals surface area contributed by atoms with Crippen LogP contribution in [-0.4, -0.2) is 116 Å². The number of benzene rings is 2. The molecule has 2 saturated heterocycles. The lowest BCUT2D eigenvalue weighted by Crippen LogP contribution is -2.59. The minimum atomic E-state index is -0.637. The highest BCUT2D eigenvalue weighted by atomic mass is 35.5. The van der Waals surface area contributed by atoms with Crippen molar-refractivity contribution in [3.05, 3.63) is 81.9 Å². The van der Waals surface area contributed by atoms with Gasteiger partial charge in [-0.3, -0.25) is 19.5 Å². The zero-order valence-corrected chi connectivity index (χ0v) is 33.2. The molecule has 3 aliphatic rings. The predicted octanol–water partition coefficient (Wildman–Crippen LogP) is 6.13. The van der Waals surface area contributed by atoms with Crippen LogP contribution in [-0.2, 0) is 27.2 Å². The Labute approximate surface area is 324 Å². The summed E-state index contributed by atoms with van der Waals surface area (Å²) < 4.78 is 18.3. The lowest BCUT2D eigenvalue weighted by atomic mass is 9.94. The molecule has 2 fully saturated rings. The number of allylic oxidation sites excluding steroid dienone is 1. The number of likely N-dealkylation sites (N-methyl/N-ethyl adjacent to an activating group) is 1. The fraction of sp³-hybridized carbons (Fsp3) is 0.512. The first-order chi connectivity index (χ1) is 25.4. The van der Waals surface area contributed by atoms with Gasteiger partial charge in [0.25, 0.3) is 0 Å². The highest BCUT2D eigenvalue weighted by Gasteiger charge is 2.37. The second-order valence-electron chi connectivity index (χ2n) is 15.0. The lowest BCUT2D eigenvalue weighted by Gasteiger charge is -2.44. The number of pyridine rings is 1. The highest BCUT2D eigenvalue weighted by Crippen LogP contribution is 2.44. The number of methoxy groups -OCH3 is 2. The van der Waals surface area contributed by atoms with Gasteiger partial charge in [0, 0.05) is 68.9 Å². The summed E-state index contributed by atoms with van der Waals surface area (Å²) in [6, 6.07) is 16.5. The second-order valence-corrected chi connectivity index (χ2v) is 16.0. The third-order valence-corrected chi connectivity index (χ3v) is 11.1. The van der Waals surface area contributed by atoms with Gasteiger partial charge in [-0.1, -0.05) is 60.1 Å². The molecule has 2 N–H and O–H groups in total. The van der Waals surface area contributed by atoms with Crippen LogP contribution < -0.4 is 10.1 Å². The summed E-state index contributed by atoms with van der Waals surface area (Å²) in [5.74, 6) is 0.641. The average molecular weight is 767 g/mol. The van der Waals surface area contributed by atoms with E-state index >= 15 is 0 Å². The number of hydrogen-bond acceptors (Lipinski definition) is 9. The molecular weight excluding hydrogens is 713 g/mol. The number of nitrogens with one attached hydrogen (secondary N) is 1. The Morgan fingerprint density at radius 3 is 2.55 bits per heavy atom. The molecule has 0 bridgehead atoms. The molecule has 1 amide bonds. The molecule has 286 valence electrons. The van der Waals surface area contributed by atoms with Crippen molar-refractivity contribution in [3.63, 3.8) is 0 Å². The van der Waals surface area contributed by atoms with Crippen molar-refractivity contribution in [1.82, 2.24) is 25.0 Å². The van der Waals surface area contributed by atoms with Crippen LogP contribution in [0.25, 0.3) is 22.4 Å². The third-order valence-electron chi connectivity index (χ3n) is 10.6. The summed E-state index contributed by atoms with van der Waals surface area (Å²) in [5.41, 5.74) is 7.42. The third kappa shape index (κ3) is 9.09. The fourth-order valence-corrected chi connectivity index (χ4v) is 8.70. The number of fused-ring (bicyclic) bond motifs is 1. The van der Waals surface area contributed by atoms with Crippen molar-refractivity contribution >= 4 is 29.1 Å². The topological polar surface area (TPSA) is 99.6 Å². The summed E-state index contributed by atoms with van der Waals surface area (Å²) in [4.78, 5) is 23.6. The maximum Gasteiger partial charge on any atom is 0.224 e. The van der Waals surface area contributed by atoms with Gasteiger partial charge >= 0.3 is 0 Å². The largest absolute Gasteiger partial charge is 0.481 e. The van der Waals surface area contributed by atoms with Crippen molar-refractivity contribution in [3.8, 4) is 28.3 Å². The Morgan fingerprint density at radius 2 is 1.85 bits per heavy atom. The average Bonchev–Trinajstić information content (AvgIpc) is 3.77. The van der Waals surface area contributed by atoms with Crippen LogP contribution in [0.15, 0.2) is 60.2 Å². The summed E-state index contributed by atoms with van der Waals surface area (Å²) in [6.45, 7) is 8.28. The van der Waals surface area contributed by atoms with Crippen molar-refractivity contribution in [2.45, 2.75) is 63.0 Å². The van der Waals surface area contributed by atoms with Crippen molar-refractivity contribution in [2.75, 3.05) is 67.8 Å². The first-order valence-corrected chi connectivity index (χ1v) is 19.3. The van der Waals surface area contributed by atoms with Crippen LogP contribution in [0.4, 0.5) is 0 Å². The number of likely N-dealkylation sites (tertiary alicyclic amines) is 2.